The molecule has 2 aromatic heterocycles. The van der Waals surface area contributed by atoms with Gasteiger partial charge in [0.15, 0.2) is 0 Å². The van der Waals surface area contributed by atoms with Gasteiger partial charge in [0.1, 0.15) is 17.6 Å². The molecule has 2 amide bonds. The highest BCUT2D eigenvalue weighted by Crippen LogP contribution is 2.25. The topological polar surface area (TPSA) is 98.4 Å². The van der Waals surface area contributed by atoms with Crippen molar-refractivity contribution in [2.45, 2.75) is 26.8 Å². The smallest absolute Gasteiger partial charge is 0.313 e. The molecule has 29 heavy (non-hydrogen) atoms. The Labute approximate surface area is 168 Å². The predicted molar refractivity (Wildman–Crippen MR) is 108 cm³/mol. The minimum atomic E-state index is -0.777. The van der Waals surface area contributed by atoms with E-state index in [2.05, 4.69) is 15.7 Å². The van der Waals surface area contributed by atoms with Gasteiger partial charge in [0.05, 0.1) is 24.8 Å². The van der Waals surface area contributed by atoms with E-state index < -0.39 is 11.8 Å². The highest BCUT2D eigenvalue weighted by Gasteiger charge is 2.23. The van der Waals surface area contributed by atoms with Gasteiger partial charge in [0.25, 0.3) is 0 Å². The number of nitrogens with zero attached hydrogens (tertiary/aromatic N) is 2. The van der Waals surface area contributed by atoms with Crippen LogP contribution in [0.1, 0.15) is 28.8 Å². The van der Waals surface area contributed by atoms with Gasteiger partial charge in [-0.2, -0.15) is 5.10 Å². The van der Waals surface area contributed by atoms with Crippen LogP contribution in [0, 0.1) is 20.8 Å². The molecule has 3 rings (SSSR count). The van der Waals surface area contributed by atoms with Gasteiger partial charge in [0, 0.05) is 12.2 Å². The molecule has 8 heteroatoms. The predicted octanol–water partition coefficient (Wildman–Crippen LogP) is 2.75. The first-order valence-corrected chi connectivity index (χ1v) is 9.19. The van der Waals surface area contributed by atoms with E-state index in [-0.39, 0.29) is 12.6 Å². The Kier molecular flexibility index (Phi) is 6.01. The standard InChI is InChI=1S/C21H24N4O4/c1-13-7-8-18(28-4)16(10-13)23-21(27)20(26)22-12-17(19-6-5-9-29-19)25-15(3)11-14(2)24-25/h5-11,17H,12H2,1-4H3,(H,22,26)(H,23,27)/t17-/m0/s1. The van der Waals surface area contributed by atoms with Crippen LogP contribution in [0.4, 0.5) is 5.69 Å². The highest BCUT2D eigenvalue weighted by molar-refractivity contribution is 6.39. The fraction of sp³-hybridized carbons (Fsp3) is 0.286. The Morgan fingerprint density at radius 3 is 2.59 bits per heavy atom. The van der Waals surface area contributed by atoms with Crippen LogP contribution in [0.25, 0.3) is 0 Å². The van der Waals surface area contributed by atoms with Crippen molar-refractivity contribution < 1.29 is 18.7 Å². The first-order chi connectivity index (χ1) is 13.9. The van der Waals surface area contributed by atoms with Gasteiger partial charge < -0.3 is 19.8 Å². The number of hydrogen-bond donors (Lipinski definition) is 2. The lowest BCUT2D eigenvalue weighted by Crippen LogP contribution is -2.39. The lowest BCUT2D eigenvalue weighted by atomic mass is 10.2. The first-order valence-electron chi connectivity index (χ1n) is 9.19. The van der Waals surface area contributed by atoms with Crippen LogP contribution in [0.5, 0.6) is 5.75 Å². The van der Waals surface area contributed by atoms with Gasteiger partial charge in [-0.3, -0.25) is 14.3 Å². The fourth-order valence-electron chi connectivity index (χ4n) is 3.12. The largest absolute Gasteiger partial charge is 0.495 e. The van der Waals surface area contributed by atoms with Gasteiger partial charge >= 0.3 is 11.8 Å². The number of furan rings is 1. The average Bonchev–Trinajstić information content (AvgIpc) is 3.32. The number of rotatable bonds is 6. The van der Waals surface area contributed by atoms with E-state index in [1.54, 1.807) is 29.1 Å². The van der Waals surface area contributed by atoms with Crippen LogP contribution in [0.3, 0.4) is 0 Å². The summed E-state index contributed by atoms with van der Waals surface area (Å²) in [5.41, 5.74) is 3.15. The van der Waals surface area contributed by atoms with Crippen LogP contribution in [-0.4, -0.2) is 35.2 Å². The number of methoxy groups -OCH3 is 1. The molecule has 0 radical (unpaired) electrons. The summed E-state index contributed by atoms with van der Waals surface area (Å²) in [4.78, 5) is 24.8. The number of anilines is 1. The number of carbonyl (C=O) groups excluding carboxylic acids is 2. The minimum absolute atomic E-state index is 0.146. The van der Waals surface area contributed by atoms with Crippen molar-refractivity contribution in [3.8, 4) is 5.75 Å². The van der Waals surface area contributed by atoms with Crippen LogP contribution >= 0.6 is 0 Å². The van der Waals surface area contributed by atoms with Gasteiger partial charge in [-0.25, -0.2) is 0 Å². The molecule has 0 aliphatic carbocycles. The van der Waals surface area contributed by atoms with Crippen molar-refractivity contribution >= 4 is 17.5 Å². The summed E-state index contributed by atoms with van der Waals surface area (Å²) in [5.74, 6) is -0.419. The Morgan fingerprint density at radius 2 is 1.97 bits per heavy atom. The summed E-state index contributed by atoms with van der Waals surface area (Å²) in [7, 11) is 1.50. The molecule has 1 aromatic carbocycles. The maximum Gasteiger partial charge on any atom is 0.313 e. The normalized spacial score (nSPS) is 11.7. The van der Waals surface area contributed by atoms with Gasteiger partial charge in [0.2, 0.25) is 0 Å². The molecule has 0 bridgehead atoms. The third-order valence-electron chi connectivity index (χ3n) is 4.48. The van der Waals surface area contributed by atoms with Crippen molar-refractivity contribution in [2.75, 3.05) is 19.0 Å². The number of benzene rings is 1. The number of amides is 2. The molecule has 0 unspecified atom stereocenters. The zero-order valence-electron chi connectivity index (χ0n) is 16.9. The summed E-state index contributed by atoms with van der Waals surface area (Å²) in [6.07, 6.45) is 1.56. The number of carbonyl (C=O) groups is 2. The van der Waals surface area contributed by atoms with E-state index in [1.165, 1.54) is 7.11 Å². The van der Waals surface area contributed by atoms with Crippen molar-refractivity contribution in [1.82, 2.24) is 15.1 Å². The lowest BCUT2D eigenvalue weighted by molar-refractivity contribution is -0.136. The van der Waals surface area contributed by atoms with Gasteiger partial charge in [-0.05, 0) is 56.7 Å². The van der Waals surface area contributed by atoms with E-state index >= 15 is 0 Å². The molecular weight excluding hydrogens is 372 g/mol. The van der Waals surface area contributed by atoms with Gasteiger partial charge in [-0.1, -0.05) is 6.07 Å². The second kappa shape index (κ2) is 8.64. The number of hydrogen-bond acceptors (Lipinski definition) is 5. The number of aromatic nitrogens is 2. The number of nitrogens with one attached hydrogen (secondary N) is 2. The van der Waals surface area contributed by atoms with E-state index in [4.69, 9.17) is 9.15 Å². The Morgan fingerprint density at radius 1 is 1.17 bits per heavy atom. The monoisotopic (exact) mass is 396 g/mol. The molecule has 3 aromatic rings. The SMILES string of the molecule is COc1ccc(C)cc1NC(=O)C(=O)NC[C@@H](c1ccco1)n1nc(C)cc1C. The third kappa shape index (κ3) is 4.66. The molecule has 0 saturated heterocycles. The Bertz CT molecular complexity index is 1010. The maximum atomic E-state index is 12.4. The zero-order chi connectivity index (χ0) is 21.0. The van der Waals surface area contributed by atoms with Crippen molar-refractivity contribution in [1.29, 1.82) is 0 Å². The third-order valence-corrected chi connectivity index (χ3v) is 4.48. The van der Waals surface area contributed by atoms with Gasteiger partial charge in [-0.15, -0.1) is 0 Å². The van der Waals surface area contributed by atoms with Crippen molar-refractivity contribution in [3.63, 3.8) is 0 Å². The van der Waals surface area contributed by atoms with Crippen LogP contribution in [0.15, 0.2) is 47.1 Å². The lowest BCUT2D eigenvalue weighted by Gasteiger charge is -2.18. The van der Waals surface area contributed by atoms with Crippen LogP contribution in [0.2, 0.25) is 0 Å². The maximum absolute atomic E-state index is 12.4. The Balaban J connectivity index is 1.71. The molecular formula is C21H24N4O4. The van der Waals surface area contributed by atoms with Crippen molar-refractivity contribution in [3.05, 3.63) is 65.4 Å². The number of ether oxygens (including phenoxy) is 1. The van der Waals surface area contributed by atoms with E-state index in [9.17, 15) is 9.59 Å². The molecule has 0 spiro atoms. The minimum Gasteiger partial charge on any atom is -0.495 e. The second-order valence-corrected chi connectivity index (χ2v) is 6.77. The van der Waals surface area contributed by atoms with E-state index in [0.717, 1.165) is 17.0 Å². The number of aryl methyl sites for hydroxylation is 3. The quantitative estimate of drug-likeness (QED) is 0.625. The summed E-state index contributed by atoms with van der Waals surface area (Å²) in [6, 6.07) is 10.5. The molecule has 0 saturated carbocycles. The molecule has 2 heterocycles. The summed E-state index contributed by atoms with van der Waals surface area (Å²) in [5, 5.41) is 9.74. The second-order valence-electron chi connectivity index (χ2n) is 6.77. The Hall–Kier alpha value is -3.55. The molecule has 152 valence electrons. The molecule has 8 nitrogen and oxygen atoms in total. The van der Waals surface area contributed by atoms with E-state index in [0.29, 0.717) is 17.2 Å². The van der Waals surface area contributed by atoms with Crippen molar-refractivity contribution in [2.24, 2.45) is 0 Å². The highest BCUT2D eigenvalue weighted by atomic mass is 16.5. The zero-order valence-corrected chi connectivity index (χ0v) is 16.9. The summed E-state index contributed by atoms with van der Waals surface area (Å²) < 4.78 is 12.5. The summed E-state index contributed by atoms with van der Waals surface area (Å²) >= 11 is 0. The molecule has 1 atom stereocenters. The fourth-order valence-corrected chi connectivity index (χ4v) is 3.12. The molecule has 0 aliphatic rings. The molecule has 2 N–H and O–H groups in total. The average molecular weight is 396 g/mol. The first kappa shape index (κ1) is 20.2. The van der Waals surface area contributed by atoms with Crippen LogP contribution < -0.4 is 15.4 Å². The molecule has 0 aliphatic heterocycles. The summed E-state index contributed by atoms with van der Waals surface area (Å²) in [6.45, 7) is 5.85. The van der Waals surface area contributed by atoms with E-state index in [1.807, 2.05) is 39.0 Å². The molecule has 0 fully saturated rings. The van der Waals surface area contributed by atoms with Crippen LogP contribution in [-0.2, 0) is 9.59 Å².